The van der Waals surface area contributed by atoms with E-state index in [0.717, 1.165) is 18.5 Å². The first-order valence-electron chi connectivity index (χ1n) is 5.70. The summed E-state index contributed by atoms with van der Waals surface area (Å²) in [4.78, 5) is 4.10. The molecule has 0 saturated carbocycles. The molecule has 15 heavy (non-hydrogen) atoms. The molecule has 0 fully saturated rings. The predicted molar refractivity (Wildman–Crippen MR) is 64.7 cm³/mol. The van der Waals surface area contributed by atoms with Crippen molar-refractivity contribution in [3.63, 3.8) is 0 Å². The number of nitrogen functional groups attached to an aromatic ring is 1. The van der Waals surface area contributed by atoms with Crippen molar-refractivity contribution in [3.05, 3.63) is 23.9 Å². The van der Waals surface area contributed by atoms with Gasteiger partial charge in [0.15, 0.2) is 0 Å². The molecule has 0 bridgehead atoms. The van der Waals surface area contributed by atoms with Crippen molar-refractivity contribution < 1.29 is 0 Å². The van der Waals surface area contributed by atoms with E-state index in [1.165, 1.54) is 12.8 Å². The Hall–Kier alpha value is -1.09. The van der Waals surface area contributed by atoms with Gasteiger partial charge in [0.1, 0.15) is 5.82 Å². The van der Waals surface area contributed by atoms with Crippen molar-refractivity contribution in [3.8, 4) is 0 Å². The molecule has 0 aliphatic heterocycles. The van der Waals surface area contributed by atoms with Gasteiger partial charge in [0.05, 0.1) is 0 Å². The summed E-state index contributed by atoms with van der Waals surface area (Å²) in [7, 11) is 0. The summed E-state index contributed by atoms with van der Waals surface area (Å²) in [6.45, 7) is 5.34. The number of hydrogen-bond donors (Lipinski definition) is 2. The van der Waals surface area contributed by atoms with Crippen molar-refractivity contribution >= 4 is 5.82 Å². The van der Waals surface area contributed by atoms with Gasteiger partial charge in [0, 0.05) is 12.2 Å². The first-order valence-corrected chi connectivity index (χ1v) is 5.70. The Balaban J connectivity index is 2.60. The molecule has 0 amide bonds. The fourth-order valence-corrected chi connectivity index (χ4v) is 1.80. The van der Waals surface area contributed by atoms with Crippen LogP contribution in [-0.4, -0.2) is 17.6 Å². The Bertz CT molecular complexity index is 280. The molecule has 0 saturated heterocycles. The van der Waals surface area contributed by atoms with Crippen LogP contribution in [0.4, 0.5) is 5.82 Å². The number of pyridine rings is 1. The molecule has 1 atom stereocenters. The average molecular weight is 207 g/mol. The Morgan fingerprint density at radius 1 is 1.47 bits per heavy atom. The van der Waals surface area contributed by atoms with Crippen LogP contribution in [0, 0.1) is 0 Å². The third kappa shape index (κ3) is 3.88. The molecular formula is C12H21N3. The smallest absolute Gasteiger partial charge is 0.126 e. The van der Waals surface area contributed by atoms with Gasteiger partial charge in [-0.05, 0) is 31.0 Å². The number of likely N-dealkylation sites (N-methyl/N-ethyl adjacent to an activating group) is 1. The number of nitrogens with zero attached hydrogens (tertiary/aromatic N) is 1. The van der Waals surface area contributed by atoms with Gasteiger partial charge in [-0.25, -0.2) is 4.98 Å². The van der Waals surface area contributed by atoms with Crippen LogP contribution in [-0.2, 0) is 6.42 Å². The molecule has 0 aliphatic carbocycles. The van der Waals surface area contributed by atoms with E-state index in [4.69, 9.17) is 5.73 Å². The molecule has 1 heterocycles. The van der Waals surface area contributed by atoms with E-state index in [-0.39, 0.29) is 0 Å². The van der Waals surface area contributed by atoms with E-state index in [9.17, 15) is 0 Å². The van der Waals surface area contributed by atoms with Crippen molar-refractivity contribution in [1.82, 2.24) is 10.3 Å². The minimum absolute atomic E-state index is 0.520. The number of anilines is 1. The number of hydrogen-bond acceptors (Lipinski definition) is 3. The molecule has 0 spiro atoms. The molecule has 0 aromatic carbocycles. The van der Waals surface area contributed by atoms with Crippen LogP contribution < -0.4 is 11.1 Å². The number of nitrogens with one attached hydrogen (secondary N) is 1. The minimum atomic E-state index is 0.520. The summed E-state index contributed by atoms with van der Waals surface area (Å²) in [5.74, 6) is 0.663. The molecule has 0 radical (unpaired) electrons. The highest BCUT2D eigenvalue weighted by Gasteiger charge is 2.09. The average Bonchev–Trinajstić information content (AvgIpc) is 2.22. The highest BCUT2D eigenvalue weighted by atomic mass is 14.9. The molecule has 84 valence electrons. The van der Waals surface area contributed by atoms with Crippen LogP contribution in [0.2, 0.25) is 0 Å². The highest BCUT2D eigenvalue weighted by molar-refractivity contribution is 5.38. The van der Waals surface area contributed by atoms with Gasteiger partial charge in [0.2, 0.25) is 0 Å². The molecule has 1 rings (SSSR count). The van der Waals surface area contributed by atoms with E-state index in [0.29, 0.717) is 11.9 Å². The van der Waals surface area contributed by atoms with E-state index < -0.39 is 0 Å². The Labute approximate surface area is 92.1 Å². The highest BCUT2D eigenvalue weighted by Crippen LogP contribution is 2.12. The van der Waals surface area contributed by atoms with Crippen molar-refractivity contribution in [2.75, 3.05) is 12.3 Å². The number of aromatic nitrogens is 1. The van der Waals surface area contributed by atoms with E-state index in [2.05, 4.69) is 30.2 Å². The lowest BCUT2D eigenvalue weighted by molar-refractivity contribution is 0.486. The maximum Gasteiger partial charge on any atom is 0.126 e. The van der Waals surface area contributed by atoms with Gasteiger partial charge in [-0.1, -0.05) is 26.3 Å². The van der Waals surface area contributed by atoms with Gasteiger partial charge in [-0.15, -0.1) is 0 Å². The topological polar surface area (TPSA) is 50.9 Å². The van der Waals surface area contributed by atoms with E-state index >= 15 is 0 Å². The number of rotatable bonds is 6. The van der Waals surface area contributed by atoms with Crippen molar-refractivity contribution in [2.45, 2.75) is 39.2 Å². The summed E-state index contributed by atoms with van der Waals surface area (Å²) in [5.41, 5.74) is 6.97. The van der Waals surface area contributed by atoms with Crippen LogP contribution in [0.15, 0.2) is 18.3 Å². The first kappa shape index (κ1) is 12.0. The second-order valence-electron chi connectivity index (χ2n) is 3.80. The van der Waals surface area contributed by atoms with Crippen LogP contribution in [0.3, 0.4) is 0 Å². The lowest BCUT2D eigenvalue weighted by Crippen LogP contribution is -2.31. The lowest BCUT2D eigenvalue weighted by atomic mass is 10.0. The molecule has 0 aliphatic rings. The fraction of sp³-hybridized carbons (Fsp3) is 0.583. The third-order valence-corrected chi connectivity index (χ3v) is 2.52. The normalized spacial score (nSPS) is 12.7. The largest absolute Gasteiger partial charge is 0.383 e. The quantitative estimate of drug-likeness (QED) is 0.750. The Morgan fingerprint density at radius 3 is 2.87 bits per heavy atom. The van der Waals surface area contributed by atoms with Gasteiger partial charge in [-0.2, -0.15) is 0 Å². The van der Waals surface area contributed by atoms with Gasteiger partial charge >= 0.3 is 0 Å². The summed E-state index contributed by atoms with van der Waals surface area (Å²) in [6, 6.07) is 4.52. The molecule has 1 aromatic heterocycles. The van der Waals surface area contributed by atoms with Crippen molar-refractivity contribution in [2.24, 2.45) is 0 Å². The zero-order chi connectivity index (χ0) is 11.1. The standard InChI is InChI=1S/C12H21N3/c1-3-6-11(14-4-2)9-10-7-5-8-15-12(10)13/h5,7-8,11,14H,3-4,6,9H2,1-2H3,(H2,13,15). The minimum Gasteiger partial charge on any atom is -0.383 e. The molecule has 1 aromatic rings. The SMILES string of the molecule is CCCC(Cc1cccnc1N)NCC. The van der Waals surface area contributed by atoms with Gasteiger partial charge < -0.3 is 11.1 Å². The predicted octanol–water partition coefficient (Wildman–Crippen LogP) is 1.98. The van der Waals surface area contributed by atoms with E-state index in [1.807, 2.05) is 6.07 Å². The summed E-state index contributed by atoms with van der Waals surface area (Å²) in [5, 5.41) is 3.48. The maximum absolute atomic E-state index is 5.82. The number of nitrogens with two attached hydrogens (primary N) is 1. The molecular weight excluding hydrogens is 186 g/mol. The zero-order valence-corrected chi connectivity index (χ0v) is 9.66. The van der Waals surface area contributed by atoms with Crippen molar-refractivity contribution in [1.29, 1.82) is 0 Å². The molecule has 3 nitrogen and oxygen atoms in total. The van der Waals surface area contributed by atoms with Crippen LogP contribution in [0.1, 0.15) is 32.3 Å². The summed E-state index contributed by atoms with van der Waals surface area (Å²) < 4.78 is 0. The Morgan fingerprint density at radius 2 is 2.27 bits per heavy atom. The monoisotopic (exact) mass is 207 g/mol. The maximum atomic E-state index is 5.82. The van der Waals surface area contributed by atoms with Gasteiger partial charge in [0.25, 0.3) is 0 Å². The van der Waals surface area contributed by atoms with Crippen LogP contribution in [0.5, 0.6) is 0 Å². The fourth-order valence-electron chi connectivity index (χ4n) is 1.80. The summed E-state index contributed by atoms with van der Waals surface area (Å²) >= 11 is 0. The molecule has 1 unspecified atom stereocenters. The third-order valence-electron chi connectivity index (χ3n) is 2.52. The Kier molecular flexibility index (Phi) is 5.12. The van der Waals surface area contributed by atoms with Gasteiger partial charge in [-0.3, -0.25) is 0 Å². The molecule has 3 heteroatoms. The second kappa shape index (κ2) is 6.40. The van der Waals surface area contributed by atoms with Crippen LogP contribution in [0.25, 0.3) is 0 Å². The molecule has 3 N–H and O–H groups in total. The summed E-state index contributed by atoms with van der Waals surface area (Å²) in [6.07, 6.45) is 5.09. The van der Waals surface area contributed by atoms with E-state index in [1.54, 1.807) is 6.20 Å². The first-order chi connectivity index (χ1) is 7.27. The lowest BCUT2D eigenvalue weighted by Gasteiger charge is -2.17. The van der Waals surface area contributed by atoms with Crippen LogP contribution >= 0.6 is 0 Å². The second-order valence-corrected chi connectivity index (χ2v) is 3.80. The zero-order valence-electron chi connectivity index (χ0n) is 9.66.